The summed E-state index contributed by atoms with van der Waals surface area (Å²) < 4.78 is 11.8. The highest BCUT2D eigenvalue weighted by Gasteiger charge is 2.04. The van der Waals surface area contributed by atoms with E-state index in [-0.39, 0.29) is 6.03 Å². The molecule has 5 heteroatoms. The van der Waals surface area contributed by atoms with E-state index >= 15 is 0 Å². The molecule has 17 heavy (non-hydrogen) atoms. The first-order chi connectivity index (χ1) is 8.13. The van der Waals surface area contributed by atoms with Crippen LogP contribution in [0.15, 0.2) is 24.3 Å². The summed E-state index contributed by atoms with van der Waals surface area (Å²) in [5, 5.41) is 14.5. The number of benzene rings is 1. The van der Waals surface area contributed by atoms with Gasteiger partial charge in [0, 0.05) is 12.2 Å². The Balaban J connectivity index is 2.50. The standard InChI is InChI=1S/C12H17FN2O2/c1-9(16)10-4-2-5-11(8-10)15-12(17)14-7-3-6-13/h2,4-5,8-9,16H,3,6-7H2,1H3,(H2,14,15,17). The molecule has 0 aliphatic rings. The summed E-state index contributed by atoms with van der Waals surface area (Å²) >= 11 is 0. The van der Waals surface area contributed by atoms with E-state index < -0.39 is 12.8 Å². The molecule has 0 heterocycles. The lowest BCUT2D eigenvalue weighted by molar-refractivity contribution is 0.199. The number of carbonyl (C=O) groups excluding carboxylic acids is 1. The van der Waals surface area contributed by atoms with Gasteiger partial charge in [0.15, 0.2) is 0 Å². The highest BCUT2D eigenvalue weighted by Crippen LogP contribution is 2.16. The smallest absolute Gasteiger partial charge is 0.319 e. The molecular formula is C12H17FN2O2. The number of aliphatic hydroxyl groups excluding tert-OH is 1. The average molecular weight is 240 g/mol. The molecule has 3 N–H and O–H groups in total. The van der Waals surface area contributed by atoms with E-state index in [1.165, 1.54) is 0 Å². The van der Waals surface area contributed by atoms with Gasteiger partial charge in [-0.1, -0.05) is 12.1 Å². The van der Waals surface area contributed by atoms with E-state index in [9.17, 15) is 14.3 Å². The van der Waals surface area contributed by atoms with E-state index in [0.717, 1.165) is 5.56 Å². The van der Waals surface area contributed by atoms with Gasteiger partial charge in [0.1, 0.15) is 0 Å². The van der Waals surface area contributed by atoms with Crippen molar-refractivity contribution in [2.75, 3.05) is 18.5 Å². The summed E-state index contributed by atoms with van der Waals surface area (Å²) in [5.74, 6) is 0. The maximum absolute atomic E-state index is 11.8. The Bertz CT molecular complexity index is 369. The Morgan fingerprint density at radius 2 is 2.29 bits per heavy atom. The molecule has 0 aromatic heterocycles. The molecule has 1 atom stereocenters. The van der Waals surface area contributed by atoms with Crippen molar-refractivity contribution >= 4 is 11.7 Å². The summed E-state index contributed by atoms with van der Waals surface area (Å²) in [4.78, 5) is 11.4. The Labute approximate surface area is 99.8 Å². The van der Waals surface area contributed by atoms with Crippen LogP contribution in [-0.4, -0.2) is 24.4 Å². The Morgan fingerprint density at radius 3 is 2.94 bits per heavy atom. The van der Waals surface area contributed by atoms with E-state index in [1.807, 2.05) is 0 Å². The van der Waals surface area contributed by atoms with Gasteiger partial charge in [-0.25, -0.2) is 4.79 Å². The van der Waals surface area contributed by atoms with Crippen LogP contribution in [0.25, 0.3) is 0 Å². The predicted molar refractivity (Wildman–Crippen MR) is 64.7 cm³/mol. The fourth-order valence-electron chi connectivity index (χ4n) is 1.32. The second kappa shape index (κ2) is 6.85. The number of amides is 2. The van der Waals surface area contributed by atoms with Crippen molar-refractivity contribution in [1.29, 1.82) is 0 Å². The molecule has 1 rings (SSSR count). The molecule has 0 saturated heterocycles. The summed E-state index contributed by atoms with van der Waals surface area (Å²) in [6.07, 6.45) is -0.271. The molecule has 1 aromatic carbocycles. The van der Waals surface area contributed by atoms with Crippen molar-refractivity contribution in [3.05, 3.63) is 29.8 Å². The SMILES string of the molecule is CC(O)c1cccc(NC(=O)NCCCF)c1. The van der Waals surface area contributed by atoms with Crippen LogP contribution in [0.4, 0.5) is 14.9 Å². The van der Waals surface area contributed by atoms with E-state index in [2.05, 4.69) is 10.6 Å². The summed E-state index contributed by atoms with van der Waals surface area (Å²) in [5.41, 5.74) is 1.33. The van der Waals surface area contributed by atoms with Crippen molar-refractivity contribution < 1.29 is 14.3 Å². The van der Waals surface area contributed by atoms with Gasteiger partial charge in [-0.15, -0.1) is 0 Å². The molecule has 0 fully saturated rings. The zero-order chi connectivity index (χ0) is 12.7. The van der Waals surface area contributed by atoms with Crippen LogP contribution >= 0.6 is 0 Å². The van der Waals surface area contributed by atoms with Crippen molar-refractivity contribution in [1.82, 2.24) is 5.32 Å². The highest BCUT2D eigenvalue weighted by molar-refractivity contribution is 5.89. The van der Waals surface area contributed by atoms with Crippen molar-refractivity contribution in [2.45, 2.75) is 19.4 Å². The first kappa shape index (κ1) is 13.4. The van der Waals surface area contributed by atoms with Gasteiger partial charge in [-0.3, -0.25) is 4.39 Å². The third-order valence-electron chi connectivity index (χ3n) is 2.22. The third-order valence-corrected chi connectivity index (χ3v) is 2.22. The predicted octanol–water partition coefficient (Wildman–Crippen LogP) is 2.22. The second-order valence-electron chi connectivity index (χ2n) is 3.72. The molecule has 0 radical (unpaired) electrons. The summed E-state index contributed by atoms with van der Waals surface area (Å²) in [7, 11) is 0. The van der Waals surface area contributed by atoms with E-state index in [0.29, 0.717) is 18.7 Å². The van der Waals surface area contributed by atoms with Crippen LogP contribution < -0.4 is 10.6 Å². The zero-order valence-electron chi connectivity index (χ0n) is 9.74. The van der Waals surface area contributed by atoms with Crippen LogP contribution in [0.5, 0.6) is 0 Å². The monoisotopic (exact) mass is 240 g/mol. The first-order valence-electron chi connectivity index (χ1n) is 5.52. The van der Waals surface area contributed by atoms with Crippen LogP contribution in [0.1, 0.15) is 25.0 Å². The molecule has 0 aliphatic carbocycles. The minimum atomic E-state index is -0.577. The van der Waals surface area contributed by atoms with Crippen LogP contribution in [0.2, 0.25) is 0 Å². The minimum Gasteiger partial charge on any atom is -0.389 e. The third kappa shape index (κ3) is 4.82. The van der Waals surface area contributed by atoms with Gasteiger partial charge in [-0.2, -0.15) is 0 Å². The molecule has 0 aliphatic heterocycles. The molecule has 0 saturated carbocycles. The fourth-order valence-corrected chi connectivity index (χ4v) is 1.32. The Morgan fingerprint density at radius 1 is 1.53 bits per heavy atom. The Hall–Kier alpha value is -1.62. The number of carbonyl (C=O) groups is 1. The lowest BCUT2D eigenvalue weighted by Crippen LogP contribution is -2.29. The maximum atomic E-state index is 11.8. The Kier molecular flexibility index (Phi) is 5.42. The normalized spacial score (nSPS) is 11.9. The number of nitrogens with one attached hydrogen (secondary N) is 2. The lowest BCUT2D eigenvalue weighted by Gasteiger charge is -2.09. The zero-order valence-corrected chi connectivity index (χ0v) is 9.74. The van der Waals surface area contributed by atoms with Crippen molar-refractivity contribution in [2.24, 2.45) is 0 Å². The number of urea groups is 1. The van der Waals surface area contributed by atoms with Gasteiger partial charge < -0.3 is 15.7 Å². The first-order valence-corrected chi connectivity index (χ1v) is 5.52. The summed E-state index contributed by atoms with van der Waals surface area (Å²) in [6, 6.07) is 6.57. The molecular weight excluding hydrogens is 223 g/mol. The number of alkyl halides is 1. The van der Waals surface area contributed by atoms with Gasteiger partial charge in [0.2, 0.25) is 0 Å². The maximum Gasteiger partial charge on any atom is 0.319 e. The molecule has 2 amide bonds. The lowest BCUT2D eigenvalue weighted by atomic mass is 10.1. The number of rotatable bonds is 5. The molecule has 4 nitrogen and oxygen atoms in total. The molecule has 94 valence electrons. The molecule has 0 bridgehead atoms. The van der Waals surface area contributed by atoms with E-state index in [1.54, 1.807) is 31.2 Å². The van der Waals surface area contributed by atoms with Gasteiger partial charge >= 0.3 is 6.03 Å². The number of anilines is 1. The number of halogens is 1. The fraction of sp³-hybridized carbons (Fsp3) is 0.417. The van der Waals surface area contributed by atoms with Gasteiger partial charge in [0.05, 0.1) is 12.8 Å². The van der Waals surface area contributed by atoms with Gasteiger partial charge in [-0.05, 0) is 31.0 Å². The second-order valence-corrected chi connectivity index (χ2v) is 3.72. The molecule has 1 aromatic rings. The largest absolute Gasteiger partial charge is 0.389 e. The topological polar surface area (TPSA) is 61.4 Å². The molecule has 0 spiro atoms. The quantitative estimate of drug-likeness (QED) is 0.691. The number of hydrogen-bond acceptors (Lipinski definition) is 2. The van der Waals surface area contributed by atoms with Crippen molar-refractivity contribution in [3.8, 4) is 0 Å². The van der Waals surface area contributed by atoms with Gasteiger partial charge in [0.25, 0.3) is 0 Å². The molecule has 1 unspecified atom stereocenters. The van der Waals surface area contributed by atoms with Crippen LogP contribution in [0.3, 0.4) is 0 Å². The van der Waals surface area contributed by atoms with Crippen LogP contribution in [-0.2, 0) is 0 Å². The summed E-state index contributed by atoms with van der Waals surface area (Å²) in [6.45, 7) is 1.51. The van der Waals surface area contributed by atoms with E-state index in [4.69, 9.17) is 0 Å². The highest BCUT2D eigenvalue weighted by atomic mass is 19.1. The van der Waals surface area contributed by atoms with Crippen molar-refractivity contribution in [3.63, 3.8) is 0 Å². The number of aliphatic hydroxyl groups is 1. The minimum absolute atomic E-state index is 0.304. The van der Waals surface area contributed by atoms with Crippen LogP contribution in [0, 0.1) is 0 Å². The average Bonchev–Trinajstić information content (AvgIpc) is 2.29. The number of hydrogen-bond donors (Lipinski definition) is 3.